The number of benzene rings is 1. The normalized spacial score (nSPS) is 24.6. The van der Waals surface area contributed by atoms with E-state index >= 15 is 0 Å². The maximum Gasteiger partial charge on any atom is 0.123 e. The van der Waals surface area contributed by atoms with Gasteiger partial charge in [-0.3, -0.25) is 4.90 Å². The van der Waals surface area contributed by atoms with E-state index in [1.807, 2.05) is 12.1 Å². The van der Waals surface area contributed by atoms with Gasteiger partial charge in [-0.25, -0.2) is 4.39 Å². The van der Waals surface area contributed by atoms with Crippen LogP contribution in [0, 0.1) is 11.7 Å². The van der Waals surface area contributed by atoms with E-state index in [0.29, 0.717) is 6.04 Å². The molecule has 1 aliphatic carbocycles. The Morgan fingerprint density at radius 1 is 1.33 bits per heavy atom. The minimum atomic E-state index is -0.126. The SMILES string of the molecule is Cl.Fc1cccc(C2CNCCN2CC2CC2)c1. The average Bonchev–Trinajstić information content (AvgIpc) is 3.14. The Labute approximate surface area is 114 Å². The zero-order valence-corrected chi connectivity index (χ0v) is 11.3. The summed E-state index contributed by atoms with van der Waals surface area (Å²) in [7, 11) is 0. The molecule has 18 heavy (non-hydrogen) atoms. The Balaban J connectivity index is 0.00000120. The van der Waals surface area contributed by atoms with E-state index in [1.165, 1.54) is 25.5 Å². The van der Waals surface area contributed by atoms with Crippen molar-refractivity contribution < 1.29 is 4.39 Å². The molecule has 1 aromatic carbocycles. The highest BCUT2D eigenvalue weighted by Gasteiger charge is 2.30. The summed E-state index contributed by atoms with van der Waals surface area (Å²) in [5.41, 5.74) is 1.11. The molecule has 1 saturated heterocycles. The highest BCUT2D eigenvalue weighted by molar-refractivity contribution is 5.85. The summed E-state index contributed by atoms with van der Waals surface area (Å²) in [4.78, 5) is 2.52. The van der Waals surface area contributed by atoms with Gasteiger partial charge in [0.05, 0.1) is 0 Å². The van der Waals surface area contributed by atoms with Gasteiger partial charge in [-0.15, -0.1) is 12.4 Å². The lowest BCUT2D eigenvalue weighted by Crippen LogP contribution is -2.46. The smallest absolute Gasteiger partial charge is 0.123 e. The standard InChI is InChI=1S/C14H19FN2.ClH/c15-13-3-1-2-12(8-13)14-9-16-6-7-17(14)10-11-4-5-11;/h1-3,8,11,14,16H,4-7,9-10H2;1H. The Morgan fingerprint density at radius 3 is 2.89 bits per heavy atom. The molecule has 2 aliphatic rings. The molecule has 1 heterocycles. The lowest BCUT2D eigenvalue weighted by atomic mass is 10.0. The molecule has 0 radical (unpaired) electrons. The Kier molecular flexibility index (Phi) is 4.60. The summed E-state index contributed by atoms with van der Waals surface area (Å²) < 4.78 is 13.3. The third-order valence-corrected chi connectivity index (χ3v) is 3.78. The molecule has 1 saturated carbocycles. The molecule has 100 valence electrons. The second kappa shape index (κ2) is 6.00. The molecule has 1 N–H and O–H groups in total. The van der Waals surface area contributed by atoms with Crippen LogP contribution in [0.25, 0.3) is 0 Å². The molecule has 1 aliphatic heterocycles. The summed E-state index contributed by atoms with van der Waals surface area (Å²) in [5, 5.41) is 3.41. The third kappa shape index (κ3) is 3.22. The quantitative estimate of drug-likeness (QED) is 0.908. The first-order valence-electron chi connectivity index (χ1n) is 6.53. The minimum Gasteiger partial charge on any atom is -0.314 e. The fourth-order valence-corrected chi connectivity index (χ4v) is 2.64. The summed E-state index contributed by atoms with van der Waals surface area (Å²) >= 11 is 0. The van der Waals surface area contributed by atoms with E-state index in [-0.39, 0.29) is 18.2 Å². The molecule has 1 aromatic rings. The molecular formula is C14H20ClFN2. The number of hydrogen-bond acceptors (Lipinski definition) is 2. The van der Waals surface area contributed by atoms with E-state index in [4.69, 9.17) is 0 Å². The van der Waals surface area contributed by atoms with Crippen LogP contribution >= 0.6 is 12.4 Å². The van der Waals surface area contributed by atoms with Gasteiger partial charge in [-0.2, -0.15) is 0 Å². The number of hydrogen-bond donors (Lipinski definition) is 1. The predicted molar refractivity (Wildman–Crippen MR) is 73.6 cm³/mol. The molecule has 0 bridgehead atoms. The Hall–Kier alpha value is -0.640. The van der Waals surface area contributed by atoms with Crippen LogP contribution in [0.1, 0.15) is 24.4 Å². The number of nitrogens with one attached hydrogen (secondary N) is 1. The molecule has 1 atom stereocenters. The predicted octanol–water partition coefficient (Wildman–Crippen LogP) is 2.60. The molecule has 3 rings (SSSR count). The zero-order valence-electron chi connectivity index (χ0n) is 10.4. The van der Waals surface area contributed by atoms with Gasteiger partial charge < -0.3 is 5.32 Å². The van der Waals surface area contributed by atoms with Gasteiger partial charge in [0.25, 0.3) is 0 Å². The van der Waals surface area contributed by atoms with Gasteiger partial charge in [-0.1, -0.05) is 12.1 Å². The summed E-state index contributed by atoms with van der Waals surface area (Å²) in [6.45, 7) is 4.26. The van der Waals surface area contributed by atoms with Crippen molar-refractivity contribution in [2.24, 2.45) is 5.92 Å². The Morgan fingerprint density at radius 2 is 2.17 bits per heavy atom. The van der Waals surface area contributed by atoms with E-state index < -0.39 is 0 Å². The first kappa shape index (κ1) is 13.8. The lowest BCUT2D eigenvalue weighted by molar-refractivity contribution is 0.155. The first-order valence-corrected chi connectivity index (χ1v) is 6.53. The lowest BCUT2D eigenvalue weighted by Gasteiger charge is -2.36. The third-order valence-electron chi connectivity index (χ3n) is 3.78. The molecule has 0 amide bonds. The van der Waals surface area contributed by atoms with Crippen LogP contribution in [0.5, 0.6) is 0 Å². The van der Waals surface area contributed by atoms with Crippen LogP contribution in [-0.2, 0) is 0 Å². The number of piperazine rings is 1. The van der Waals surface area contributed by atoms with Crippen LogP contribution in [0.2, 0.25) is 0 Å². The number of halogens is 2. The topological polar surface area (TPSA) is 15.3 Å². The molecule has 1 unspecified atom stereocenters. The van der Waals surface area contributed by atoms with Crippen molar-refractivity contribution in [3.8, 4) is 0 Å². The molecular weight excluding hydrogens is 251 g/mol. The minimum absolute atomic E-state index is 0. The summed E-state index contributed by atoms with van der Waals surface area (Å²) in [6.07, 6.45) is 2.75. The highest BCUT2D eigenvalue weighted by Crippen LogP contribution is 2.33. The molecule has 4 heteroatoms. The fraction of sp³-hybridized carbons (Fsp3) is 0.571. The molecule has 0 aromatic heterocycles. The average molecular weight is 271 g/mol. The number of rotatable bonds is 3. The zero-order chi connectivity index (χ0) is 11.7. The van der Waals surface area contributed by atoms with Crippen LogP contribution in [0.15, 0.2) is 24.3 Å². The van der Waals surface area contributed by atoms with Crippen molar-refractivity contribution >= 4 is 12.4 Å². The first-order chi connectivity index (χ1) is 8.33. The second-order valence-electron chi connectivity index (χ2n) is 5.21. The van der Waals surface area contributed by atoms with E-state index in [1.54, 1.807) is 6.07 Å². The van der Waals surface area contributed by atoms with E-state index in [9.17, 15) is 4.39 Å². The van der Waals surface area contributed by atoms with Crippen molar-refractivity contribution in [1.29, 1.82) is 0 Å². The number of nitrogens with zero attached hydrogens (tertiary/aromatic N) is 1. The van der Waals surface area contributed by atoms with Crippen molar-refractivity contribution in [3.05, 3.63) is 35.6 Å². The van der Waals surface area contributed by atoms with Crippen LogP contribution in [0.3, 0.4) is 0 Å². The largest absolute Gasteiger partial charge is 0.314 e. The van der Waals surface area contributed by atoms with Gasteiger partial charge >= 0.3 is 0 Å². The van der Waals surface area contributed by atoms with E-state index in [0.717, 1.165) is 31.1 Å². The van der Waals surface area contributed by atoms with Gasteiger partial charge in [0.15, 0.2) is 0 Å². The van der Waals surface area contributed by atoms with Gasteiger partial charge in [-0.05, 0) is 36.5 Å². The fourth-order valence-electron chi connectivity index (χ4n) is 2.64. The van der Waals surface area contributed by atoms with Crippen LogP contribution in [0.4, 0.5) is 4.39 Å². The van der Waals surface area contributed by atoms with Crippen molar-refractivity contribution in [1.82, 2.24) is 10.2 Å². The van der Waals surface area contributed by atoms with E-state index in [2.05, 4.69) is 10.2 Å². The molecule has 0 spiro atoms. The van der Waals surface area contributed by atoms with Crippen molar-refractivity contribution in [2.75, 3.05) is 26.2 Å². The molecule has 2 nitrogen and oxygen atoms in total. The van der Waals surface area contributed by atoms with Gasteiger partial charge in [0.1, 0.15) is 5.82 Å². The Bertz CT molecular complexity index is 395. The summed E-state index contributed by atoms with van der Waals surface area (Å²) in [6, 6.07) is 7.40. The van der Waals surface area contributed by atoms with Gasteiger partial charge in [0, 0.05) is 32.2 Å². The van der Waals surface area contributed by atoms with Crippen LogP contribution < -0.4 is 5.32 Å². The van der Waals surface area contributed by atoms with Gasteiger partial charge in [0.2, 0.25) is 0 Å². The van der Waals surface area contributed by atoms with Crippen molar-refractivity contribution in [3.63, 3.8) is 0 Å². The van der Waals surface area contributed by atoms with Crippen LogP contribution in [-0.4, -0.2) is 31.1 Å². The maximum absolute atomic E-state index is 13.3. The maximum atomic E-state index is 13.3. The monoisotopic (exact) mass is 270 g/mol. The molecule has 2 fully saturated rings. The highest BCUT2D eigenvalue weighted by atomic mass is 35.5. The second-order valence-corrected chi connectivity index (χ2v) is 5.21. The summed E-state index contributed by atoms with van der Waals surface area (Å²) in [5.74, 6) is 0.767. The van der Waals surface area contributed by atoms with Crippen molar-refractivity contribution in [2.45, 2.75) is 18.9 Å².